The van der Waals surface area contributed by atoms with Crippen molar-refractivity contribution in [3.63, 3.8) is 0 Å². The molecule has 0 aliphatic heterocycles. The second kappa shape index (κ2) is 4.12. The van der Waals surface area contributed by atoms with E-state index in [1.165, 1.54) is 6.20 Å². The number of carbonyl (C=O) groups excluding carboxylic acids is 1. The van der Waals surface area contributed by atoms with E-state index in [1.54, 1.807) is 0 Å². The van der Waals surface area contributed by atoms with Crippen LogP contribution >= 0.6 is 34.8 Å². The summed E-state index contributed by atoms with van der Waals surface area (Å²) in [7, 11) is 0. The number of alkyl halides is 3. The number of hydrogen-bond donors (Lipinski definition) is 1. The van der Waals surface area contributed by atoms with Gasteiger partial charge in [0.2, 0.25) is 5.78 Å². The Labute approximate surface area is 109 Å². The fourth-order valence-corrected chi connectivity index (χ4v) is 1.76. The van der Waals surface area contributed by atoms with Crippen LogP contribution in [0, 0.1) is 11.6 Å². The standard InChI is InChI=1S/C10H4Cl3F2NO/c11-10(12,13)9(17)5-3-16-8-2-7(15)6(14)1-4(5)8/h1-3,16H. The van der Waals surface area contributed by atoms with Gasteiger partial charge in [-0.2, -0.15) is 0 Å². The van der Waals surface area contributed by atoms with E-state index in [4.69, 9.17) is 34.8 Å². The average Bonchev–Trinajstić information content (AvgIpc) is 2.59. The smallest absolute Gasteiger partial charge is 0.253 e. The quantitative estimate of drug-likeness (QED) is 0.626. The molecule has 2 rings (SSSR count). The number of aromatic amines is 1. The third-order valence-corrected chi connectivity index (χ3v) is 2.74. The largest absolute Gasteiger partial charge is 0.360 e. The fraction of sp³-hybridized carbons (Fsp3) is 0.100. The minimum absolute atomic E-state index is 0.00102. The molecular formula is C10H4Cl3F2NO. The zero-order valence-corrected chi connectivity index (χ0v) is 10.3. The van der Waals surface area contributed by atoms with Crippen LogP contribution < -0.4 is 0 Å². The summed E-state index contributed by atoms with van der Waals surface area (Å²) in [4.78, 5) is 14.3. The van der Waals surface area contributed by atoms with Gasteiger partial charge in [0.1, 0.15) is 0 Å². The predicted octanol–water partition coefficient (Wildman–Crippen LogP) is 4.00. The van der Waals surface area contributed by atoms with E-state index in [9.17, 15) is 13.6 Å². The molecule has 2 aromatic rings. The third-order valence-electron chi connectivity index (χ3n) is 2.22. The summed E-state index contributed by atoms with van der Waals surface area (Å²) < 4.78 is 23.9. The Morgan fingerprint density at radius 3 is 2.35 bits per heavy atom. The van der Waals surface area contributed by atoms with E-state index in [0.717, 1.165) is 12.1 Å². The van der Waals surface area contributed by atoms with Gasteiger partial charge in [-0.15, -0.1) is 0 Å². The van der Waals surface area contributed by atoms with E-state index in [2.05, 4.69) is 4.98 Å². The van der Waals surface area contributed by atoms with E-state index in [-0.39, 0.29) is 16.5 Å². The van der Waals surface area contributed by atoms with E-state index in [0.29, 0.717) is 0 Å². The van der Waals surface area contributed by atoms with Gasteiger partial charge in [-0.3, -0.25) is 4.79 Å². The van der Waals surface area contributed by atoms with Gasteiger partial charge < -0.3 is 4.98 Å². The van der Waals surface area contributed by atoms with Crippen LogP contribution in [-0.2, 0) is 0 Å². The van der Waals surface area contributed by atoms with Crippen LogP contribution in [0.5, 0.6) is 0 Å². The Balaban J connectivity index is 2.65. The van der Waals surface area contributed by atoms with Crippen LogP contribution in [0.3, 0.4) is 0 Å². The Hall–Kier alpha value is -0.840. The van der Waals surface area contributed by atoms with Crippen molar-refractivity contribution in [2.24, 2.45) is 0 Å². The minimum atomic E-state index is -2.14. The van der Waals surface area contributed by atoms with Gasteiger partial charge in [0.25, 0.3) is 3.79 Å². The van der Waals surface area contributed by atoms with Crippen molar-refractivity contribution in [3.05, 3.63) is 35.5 Å². The number of rotatable bonds is 1. The van der Waals surface area contributed by atoms with Gasteiger partial charge >= 0.3 is 0 Å². The predicted molar refractivity (Wildman–Crippen MR) is 62.8 cm³/mol. The number of nitrogens with one attached hydrogen (secondary N) is 1. The molecule has 1 N–H and O–H groups in total. The topological polar surface area (TPSA) is 32.9 Å². The Kier molecular flexibility index (Phi) is 3.06. The van der Waals surface area contributed by atoms with Crippen LogP contribution in [0.4, 0.5) is 8.78 Å². The van der Waals surface area contributed by atoms with E-state index < -0.39 is 21.2 Å². The maximum atomic E-state index is 13.1. The molecule has 0 aliphatic carbocycles. The lowest BCUT2D eigenvalue weighted by atomic mass is 10.1. The molecule has 1 aromatic carbocycles. The first-order chi connectivity index (χ1) is 7.80. The second-order valence-electron chi connectivity index (χ2n) is 3.34. The molecular weight excluding hydrogens is 294 g/mol. The van der Waals surface area contributed by atoms with Crippen LogP contribution in [0.25, 0.3) is 10.9 Å². The van der Waals surface area contributed by atoms with Gasteiger partial charge in [-0.1, -0.05) is 34.8 Å². The molecule has 2 nitrogen and oxygen atoms in total. The van der Waals surface area contributed by atoms with Crippen molar-refractivity contribution in [2.45, 2.75) is 3.79 Å². The van der Waals surface area contributed by atoms with Crippen molar-refractivity contribution in [1.29, 1.82) is 0 Å². The molecule has 90 valence electrons. The lowest BCUT2D eigenvalue weighted by Gasteiger charge is -2.07. The summed E-state index contributed by atoms with van der Waals surface area (Å²) in [5, 5.41) is 0.167. The first-order valence-corrected chi connectivity index (χ1v) is 5.51. The van der Waals surface area contributed by atoms with E-state index in [1.807, 2.05) is 0 Å². The van der Waals surface area contributed by atoms with Crippen molar-refractivity contribution in [3.8, 4) is 0 Å². The number of benzene rings is 1. The molecule has 0 amide bonds. The molecule has 1 heterocycles. The number of Topliss-reactive ketones (excluding diaryl/α,β-unsaturated/α-hetero) is 1. The summed E-state index contributed by atoms with van der Waals surface area (Å²) >= 11 is 16.3. The number of fused-ring (bicyclic) bond motifs is 1. The maximum absolute atomic E-state index is 13.1. The summed E-state index contributed by atoms with van der Waals surface area (Å²) in [6.45, 7) is 0. The van der Waals surface area contributed by atoms with Crippen molar-refractivity contribution in [1.82, 2.24) is 4.98 Å². The zero-order valence-electron chi connectivity index (χ0n) is 8.03. The molecule has 17 heavy (non-hydrogen) atoms. The maximum Gasteiger partial charge on any atom is 0.253 e. The van der Waals surface area contributed by atoms with Crippen molar-refractivity contribution in [2.75, 3.05) is 0 Å². The molecule has 0 radical (unpaired) electrons. The molecule has 1 aromatic heterocycles. The Morgan fingerprint density at radius 1 is 1.18 bits per heavy atom. The van der Waals surface area contributed by atoms with Gasteiger partial charge in [-0.05, 0) is 6.07 Å². The fourth-order valence-electron chi connectivity index (χ4n) is 1.46. The zero-order chi connectivity index (χ0) is 12.8. The summed E-state index contributed by atoms with van der Waals surface area (Å²) in [5.41, 5.74) is 0.250. The number of ketones is 1. The summed E-state index contributed by atoms with van der Waals surface area (Å²) in [6.07, 6.45) is 1.24. The summed E-state index contributed by atoms with van der Waals surface area (Å²) in [5.74, 6) is -2.90. The first kappa shape index (κ1) is 12.6. The molecule has 0 bridgehead atoms. The first-order valence-electron chi connectivity index (χ1n) is 4.38. The number of aromatic nitrogens is 1. The minimum Gasteiger partial charge on any atom is -0.360 e. The highest BCUT2D eigenvalue weighted by Gasteiger charge is 2.33. The summed E-state index contributed by atoms with van der Waals surface area (Å²) in [6, 6.07) is 1.81. The molecule has 0 unspecified atom stereocenters. The van der Waals surface area contributed by atoms with Crippen LogP contribution in [0.1, 0.15) is 10.4 Å². The highest BCUT2D eigenvalue weighted by Crippen LogP contribution is 2.33. The van der Waals surface area contributed by atoms with Crippen LogP contribution in [0.15, 0.2) is 18.3 Å². The van der Waals surface area contributed by atoms with Gasteiger partial charge in [0.15, 0.2) is 11.6 Å². The molecule has 0 aliphatic rings. The SMILES string of the molecule is O=C(c1c[nH]c2cc(F)c(F)cc12)C(Cl)(Cl)Cl. The number of carbonyl (C=O) groups is 1. The van der Waals surface area contributed by atoms with Crippen molar-refractivity contribution < 1.29 is 13.6 Å². The monoisotopic (exact) mass is 297 g/mol. The molecule has 0 spiro atoms. The third kappa shape index (κ3) is 2.25. The van der Waals surface area contributed by atoms with E-state index >= 15 is 0 Å². The Bertz CT molecular complexity index is 603. The average molecular weight is 299 g/mol. The Morgan fingerprint density at radius 2 is 1.76 bits per heavy atom. The van der Waals surface area contributed by atoms with Crippen LogP contribution in [-0.4, -0.2) is 14.6 Å². The van der Waals surface area contributed by atoms with Crippen molar-refractivity contribution >= 4 is 51.5 Å². The highest BCUT2D eigenvalue weighted by atomic mass is 35.6. The van der Waals surface area contributed by atoms with Gasteiger partial charge in [-0.25, -0.2) is 8.78 Å². The molecule has 7 heteroatoms. The number of H-pyrrole nitrogens is 1. The van der Waals surface area contributed by atoms with Gasteiger partial charge in [0, 0.05) is 28.7 Å². The highest BCUT2D eigenvalue weighted by molar-refractivity contribution is 6.77. The van der Waals surface area contributed by atoms with Crippen LogP contribution in [0.2, 0.25) is 0 Å². The normalized spacial score (nSPS) is 12.1. The number of hydrogen-bond acceptors (Lipinski definition) is 1. The lowest BCUT2D eigenvalue weighted by molar-refractivity contribution is 0.0998. The lowest BCUT2D eigenvalue weighted by Crippen LogP contribution is -2.18. The van der Waals surface area contributed by atoms with Gasteiger partial charge in [0.05, 0.1) is 0 Å². The molecule has 0 saturated heterocycles. The second-order valence-corrected chi connectivity index (χ2v) is 5.62. The number of halogens is 5. The molecule has 0 atom stereocenters. The molecule has 0 saturated carbocycles. The molecule has 0 fully saturated rings.